The summed E-state index contributed by atoms with van der Waals surface area (Å²) < 4.78 is 6.10. The highest BCUT2D eigenvalue weighted by molar-refractivity contribution is 9.10. The molecule has 6 nitrogen and oxygen atoms in total. The Hall–Kier alpha value is -1.21. The molecular formula is C11H14BrN3O3. The predicted molar refractivity (Wildman–Crippen MR) is 70.8 cm³/mol. The van der Waals surface area contributed by atoms with Crippen molar-refractivity contribution in [1.29, 1.82) is 0 Å². The van der Waals surface area contributed by atoms with Crippen LogP contribution < -0.4 is 4.90 Å². The summed E-state index contributed by atoms with van der Waals surface area (Å²) in [5, 5.41) is 10.8. The van der Waals surface area contributed by atoms with Crippen molar-refractivity contribution in [2.45, 2.75) is 26.1 Å². The van der Waals surface area contributed by atoms with Crippen LogP contribution >= 0.6 is 15.9 Å². The van der Waals surface area contributed by atoms with Gasteiger partial charge in [0.2, 0.25) is 0 Å². The zero-order valence-electron chi connectivity index (χ0n) is 10.2. The molecule has 0 saturated carbocycles. The number of hydrogen-bond acceptors (Lipinski definition) is 5. The molecule has 2 rings (SSSR count). The zero-order chi connectivity index (χ0) is 13.3. The van der Waals surface area contributed by atoms with Gasteiger partial charge in [0.25, 0.3) is 5.69 Å². The van der Waals surface area contributed by atoms with Crippen LogP contribution in [0.2, 0.25) is 0 Å². The predicted octanol–water partition coefficient (Wildman–Crippen LogP) is 2.37. The highest BCUT2D eigenvalue weighted by Gasteiger charge is 2.24. The van der Waals surface area contributed by atoms with Crippen LogP contribution in [-0.4, -0.2) is 35.2 Å². The average molecular weight is 316 g/mol. The van der Waals surface area contributed by atoms with Crippen LogP contribution in [-0.2, 0) is 4.74 Å². The molecule has 1 aromatic rings. The van der Waals surface area contributed by atoms with E-state index in [0.29, 0.717) is 23.5 Å². The van der Waals surface area contributed by atoms with E-state index in [1.165, 1.54) is 12.1 Å². The summed E-state index contributed by atoms with van der Waals surface area (Å²) in [7, 11) is 0. The average Bonchev–Trinajstić information content (AvgIpc) is 2.26. The first-order valence-corrected chi connectivity index (χ1v) is 6.47. The molecule has 98 valence electrons. The molecule has 1 aromatic heterocycles. The van der Waals surface area contributed by atoms with E-state index in [1.807, 2.05) is 18.7 Å². The number of ether oxygens (including phenoxy) is 1. The molecule has 2 heterocycles. The van der Waals surface area contributed by atoms with Gasteiger partial charge in [0, 0.05) is 19.2 Å². The van der Waals surface area contributed by atoms with Crippen molar-refractivity contribution in [3.05, 3.63) is 26.9 Å². The van der Waals surface area contributed by atoms with Gasteiger partial charge in [-0.2, -0.15) is 0 Å². The molecule has 1 fully saturated rings. The summed E-state index contributed by atoms with van der Waals surface area (Å²) in [6.07, 6.45) is 0.183. The number of morpholine rings is 1. The summed E-state index contributed by atoms with van der Waals surface area (Å²) in [6.45, 7) is 5.33. The van der Waals surface area contributed by atoms with Crippen molar-refractivity contribution in [3.8, 4) is 0 Å². The van der Waals surface area contributed by atoms with Gasteiger partial charge < -0.3 is 9.64 Å². The third-order valence-corrected chi connectivity index (χ3v) is 3.13. The van der Waals surface area contributed by atoms with E-state index >= 15 is 0 Å². The van der Waals surface area contributed by atoms with Crippen LogP contribution in [0.5, 0.6) is 0 Å². The highest BCUT2D eigenvalue weighted by atomic mass is 79.9. The third kappa shape index (κ3) is 2.97. The number of anilines is 1. The first-order valence-electron chi connectivity index (χ1n) is 5.68. The van der Waals surface area contributed by atoms with Gasteiger partial charge in [-0.3, -0.25) is 10.1 Å². The fourth-order valence-electron chi connectivity index (χ4n) is 2.10. The highest BCUT2D eigenvalue weighted by Crippen LogP contribution is 2.25. The lowest BCUT2D eigenvalue weighted by atomic mass is 10.2. The van der Waals surface area contributed by atoms with E-state index in [9.17, 15) is 10.1 Å². The molecule has 0 unspecified atom stereocenters. The standard InChI is InChI=1S/C11H14BrN3O3/c1-7-5-14(6-8(2)18-7)11-4-9(15(16)17)3-10(12)13-11/h3-4,7-8H,5-6H2,1-2H3/t7-,8+. The summed E-state index contributed by atoms with van der Waals surface area (Å²) >= 11 is 3.20. The van der Waals surface area contributed by atoms with Gasteiger partial charge >= 0.3 is 0 Å². The van der Waals surface area contributed by atoms with Crippen molar-refractivity contribution in [2.75, 3.05) is 18.0 Å². The van der Waals surface area contributed by atoms with Crippen molar-refractivity contribution in [3.63, 3.8) is 0 Å². The van der Waals surface area contributed by atoms with E-state index in [4.69, 9.17) is 4.74 Å². The second kappa shape index (κ2) is 5.19. The number of aromatic nitrogens is 1. The molecule has 0 radical (unpaired) electrons. The van der Waals surface area contributed by atoms with E-state index in [0.717, 1.165) is 0 Å². The minimum atomic E-state index is -0.413. The minimum Gasteiger partial charge on any atom is -0.372 e. The fourth-order valence-corrected chi connectivity index (χ4v) is 2.52. The van der Waals surface area contributed by atoms with Crippen LogP contribution in [0.3, 0.4) is 0 Å². The van der Waals surface area contributed by atoms with Crippen LogP contribution in [0.25, 0.3) is 0 Å². The minimum absolute atomic E-state index is 0.0404. The Labute approximate surface area is 113 Å². The van der Waals surface area contributed by atoms with Crippen molar-refractivity contribution in [2.24, 2.45) is 0 Å². The maximum absolute atomic E-state index is 10.8. The third-order valence-electron chi connectivity index (χ3n) is 2.72. The summed E-state index contributed by atoms with van der Waals surface area (Å²) in [5.41, 5.74) is 0.0404. The van der Waals surface area contributed by atoms with E-state index in [1.54, 1.807) is 0 Å². The molecule has 1 aliphatic heterocycles. The number of nitro groups is 1. The summed E-state index contributed by atoms with van der Waals surface area (Å²) in [5.74, 6) is 0.609. The molecule has 1 saturated heterocycles. The van der Waals surface area contributed by atoms with Crippen molar-refractivity contribution >= 4 is 27.4 Å². The monoisotopic (exact) mass is 315 g/mol. The lowest BCUT2D eigenvalue weighted by Gasteiger charge is -2.36. The number of halogens is 1. The van der Waals surface area contributed by atoms with E-state index < -0.39 is 4.92 Å². The Morgan fingerprint density at radius 1 is 1.44 bits per heavy atom. The first kappa shape index (κ1) is 13.2. The second-order valence-corrected chi connectivity index (χ2v) is 5.24. The Bertz CT molecular complexity index is 459. The Morgan fingerprint density at radius 2 is 2.06 bits per heavy atom. The Kier molecular flexibility index (Phi) is 3.82. The fraction of sp³-hybridized carbons (Fsp3) is 0.545. The molecule has 18 heavy (non-hydrogen) atoms. The van der Waals surface area contributed by atoms with Gasteiger partial charge in [-0.15, -0.1) is 0 Å². The molecular weight excluding hydrogens is 302 g/mol. The van der Waals surface area contributed by atoms with Crippen LogP contribution in [0.1, 0.15) is 13.8 Å². The Morgan fingerprint density at radius 3 is 2.61 bits per heavy atom. The largest absolute Gasteiger partial charge is 0.372 e. The van der Waals surface area contributed by atoms with Crippen LogP contribution in [0.15, 0.2) is 16.7 Å². The first-order chi connectivity index (χ1) is 8.45. The quantitative estimate of drug-likeness (QED) is 0.476. The lowest BCUT2D eigenvalue weighted by molar-refractivity contribution is -0.384. The van der Waals surface area contributed by atoms with Crippen LogP contribution in [0.4, 0.5) is 11.5 Å². The van der Waals surface area contributed by atoms with Crippen molar-refractivity contribution < 1.29 is 9.66 Å². The van der Waals surface area contributed by atoms with Crippen LogP contribution in [0, 0.1) is 10.1 Å². The zero-order valence-corrected chi connectivity index (χ0v) is 11.8. The molecule has 0 amide bonds. The number of nitrogens with zero attached hydrogens (tertiary/aromatic N) is 3. The normalized spacial score (nSPS) is 24.1. The topological polar surface area (TPSA) is 68.5 Å². The summed E-state index contributed by atoms with van der Waals surface area (Å²) in [4.78, 5) is 16.7. The maximum atomic E-state index is 10.8. The smallest absolute Gasteiger partial charge is 0.275 e. The number of hydrogen-bond donors (Lipinski definition) is 0. The molecule has 0 N–H and O–H groups in total. The van der Waals surface area contributed by atoms with Gasteiger partial charge in [-0.05, 0) is 29.8 Å². The second-order valence-electron chi connectivity index (χ2n) is 4.43. The molecule has 1 aliphatic rings. The number of rotatable bonds is 2. The van der Waals surface area contributed by atoms with E-state index in [-0.39, 0.29) is 17.9 Å². The molecule has 0 aliphatic carbocycles. The van der Waals surface area contributed by atoms with Crippen molar-refractivity contribution in [1.82, 2.24) is 4.98 Å². The molecule has 0 aromatic carbocycles. The van der Waals surface area contributed by atoms with Gasteiger partial charge in [0.15, 0.2) is 0 Å². The van der Waals surface area contributed by atoms with Gasteiger partial charge in [0.05, 0.1) is 23.2 Å². The molecule has 2 atom stereocenters. The molecule has 7 heteroatoms. The molecule has 0 bridgehead atoms. The maximum Gasteiger partial charge on any atom is 0.275 e. The SMILES string of the molecule is C[C@@H]1CN(c2cc([N+](=O)[O-])cc(Br)n2)C[C@H](C)O1. The summed E-state index contributed by atoms with van der Waals surface area (Å²) in [6, 6.07) is 2.90. The van der Waals surface area contributed by atoms with Gasteiger partial charge in [-0.25, -0.2) is 4.98 Å². The molecule has 0 spiro atoms. The lowest BCUT2D eigenvalue weighted by Crippen LogP contribution is -2.45. The number of pyridine rings is 1. The van der Waals surface area contributed by atoms with Gasteiger partial charge in [-0.1, -0.05) is 0 Å². The van der Waals surface area contributed by atoms with E-state index in [2.05, 4.69) is 20.9 Å². The Balaban J connectivity index is 2.29. The van der Waals surface area contributed by atoms with Gasteiger partial charge in [0.1, 0.15) is 10.4 Å².